The van der Waals surface area contributed by atoms with Crippen molar-refractivity contribution in [1.29, 1.82) is 0 Å². The molecule has 0 bridgehead atoms. The van der Waals surface area contributed by atoms with Gasteiger partial charge in [-0.25, -0.2) is 18.7 Å². The van der Waals surface area contributed by atoms with Crippen LogP contribution in [0.4, 0.5) is 27.6 Å². The number of ether oxygens (including phenoxy) is 2. The Bertz CT molecular complexity index is 2000. The monoisotopic (exact) mass is 688 g/mol. The van der Waals surface area contributed by atoms with E-state index in [0.717, 1.165) is 12.5 Å². The summed E-state index contributed by atoms with van der Waals surface area (Å²) in [6.07, 6.45) is -2.34. The molecular formula is C31H26ClF5N8O3. The molecule has 17 heteroatoms. The smallest absolute Gasteiger partial charge is 0.451 e. The lowest BCUT2D eigenvalue weighted by atomic mass is 10.2. The highest BCUT2D eigenvalue weighted by Gasteiger charge is 2.35. The highest BCUT2D eigenvalue weighted by atomic mass is 35.5. The number of benzene rings is 2. The number of H-pyrrole nitrogens is 1. The van der Waals surface area contributed by atoms with Gasteiger partial charge in [0, 0.05) is 42.0 Å². The van der Waals surface area contributed by atoms with Gasteiger partial charge in [0.1, 0.15) is 23.9 Å². The average molecular weight is 689 g/mol. The van der Waals surface area contributed by atoms with E-state index in [9.17, 15) is 26.7 Å². The van der Waals surface area contributed by atoms with Crippen molar-refractivity contribution in [2.45, 2.75) is 38.4 Å². The fourth-order valence-corrected chi connectivity index (χ4v) is 5.71. The molecule has 2 aliphatic heterocycles. The van der Waals surface area contributed by atoms with Gasteiger partial charge in [-0.3, -0.25) is 19.8 Å². The number of rotatable bonds is 9. The van der Waals surface area contributed by atoms with Crippen LogP contribution in [0.2, 0.25) is 5.02 Å². The van der Waals surface area contributed by atoms with Crippen LogP contribution in [-0.2, 0) is 35.4 Å². The predicted octanol–water partition coefficient (Wildman–Crippen LogP) is 5.38. The summed E-state index contributed by atoms with van der Waals surface area (Å²) in [5.41, 5.74) is 1.88. The largest absolute Gasteiger partial charge is 0.486 e. The predicted molar refractivity (Wildman–Crippen MR) is 162 cm³/mol. The molecule has 0 spiro atoms. The van der Waals surface area contributed by atoms with E-state index < -0.39 is 23.6 Å². The molecule has 0 radical (unpaired) electrons. The molecule has 1 N–H and O–H groups in total. The number of anilines is 1. The van der Waals surface area contributed by atoms with E-state index in [0.29, 0.717) is 55.3 Å². The lowest BCUT2D eigenvalue weighted by Gasteiger charge is -2.34. The number of hydrogen-bond acceptors (Lipinski definition) is 8. The first-order chi connectivity index (χ1) is 23.0. The molecule has 1 amide bonds. The summed E-state index contributed by atoms with van der Waals surface area (Å²) in [5, 5.41) is 5.78. The molecule has 0 unspecified atom stereocenters. The zero-order valence-electron chi connectivity index (χ0n) is 25.0. The van der Waals surface area contributed by atoms with E-state index in [4.69, 9.17) is 26.1 Å². The van der Waals surface area contributed by atoms with Crippen LogP contribution >= 0.6 is 11.6 Å². The summed E-state index contributed by atoms with van der Waals surface area (Å²) in [5.74, 6) is -2.41. The van der Waals surface area contributed by atoms with Crippen molar-refractivity contribution in [2.75, 3.05) is 31.1 Å². The van der Waals surface area contributed by atoms with Crippen LogP contribution in [0.15, 0.2) is 48.7 Å². The van der Waals surface area contributed by atoms with Crippen molar-refractivity contribution < 1.29 is 36.2 Å². The second kappa shape index (κ2) is 12.7. The molecule has 11 nitrogen and oxygen atoms in total. The standard InChI is InChI=1S/C31H26ClF5N8O3/c32-18-2-1-17(22(34)9-18)16-48-26-10-19(3-4-21(26)33)44-7-6-43(15-28(44)46)14-27-39-23-11-24(29-40-30(42-41-29)31(35,36)37)38-12-25(23)45(27)13-20-5-8-47-20/h1-4,9-12,20H,5-8,13-16H2,(H,40,41,42)/t20-/m0/s1. The molecule has 1 atom stereocenters. The number of aromatic amines is 1. The van der Waals surface area contributed by atoms with Crippen LogP contribution < -0.4 is 9.64 Å². The van der Waals surface area contributed by atoms with E-state index in [1.807, 2.05) is 14.6 Å². The van der Waals surface area contributed by atoms with Crippen molar-refractivity contribution in [3.63, 3.8) is 0 Å². The number of carbonyl (C=O) groups is 1. The first-order valence-electron chi connectivity index (χ1n) is 14.9. The van der Waals surface area contributed by atoms with Gasteiger partial charge in [-0.1, -0.05) is 17.7 Å². The number of aromatic nitrogens is 6. The summed E-state index contributed by atoms with van der Waals surface area (Å²) < 4.78 is 81.1. The van der Waals surface area contributed by atoms with Crippen molar-refractivity contribution >= 4 is 34.2 Å². The Hall–Kier alpha value is -4.67. The minimum absolute atomic E-state index is 0.0345. The van der Waals surface area contributed by atoms with Crippen molar-refractivity contribution in [1.82, 2.24) is 34.6 Å². The number of imidazole rings is 1. The number of piperazine rings is 1. The maximum absolute atomic E-state index is 14.6. The Morgan fingerprint density at radius 3 is 2.60 bits per heavy atom. The van der Waals surface area contributed by atoms with Gasteiger partial charge in [-0.15, -0.1) is 0 Å². The molecule has 5 heterocycles. The fraction of sp³-hybridized carbons (Fsp3) is 0.323. The highest BCUT2D eigenvalue weighted by molar-refractivity contribution is 6.30. The maximum atomic E-state index is 14.6. The second-order valence-electron chi connectivity index (χ2n) is 11.4. The molecular weight excluding hydrogens is 663 g/mol. The number of fused-ring (bicyclic) bond motifs is 1. The van der Waals surface area contributed by atoms with Gasteiger partial charge in [-0.05, 0) is 36.8 Å². The van der Waals surface area contributed by atoms with Crippen molar-refractivity contribution in [3.8, 4) is 17.3 Å². The second-order valence-corrected chi connectivity index (χ2v) is 11.8. The molecule has 2 fully saturated rings. The molecule has 5 aromatic rings. The Kier molecular flexibility index (Phi) is 8.47. The summed E-state index contributed by atoms with van der Waals surface area (Å²) >= 11 is 5.80. The van der Waals surface area contributed by atoms with Gasteiger partial charge in [0.25, 0.3) is 0 Å². The molecule has 0 aliphatic carbocycles. The average Bonchev–Trinajstić information content (AvgIpc) is 3.65. The number of hydrogen-bond donors (Lipinski definition) is 1. The first-order valence-corrected chi connectivity index (χ1v) is 15.3. The van der Waals surface area contributed by atoms with Gasteiger partial charge in [0.15, 0.2) is 17.4 Å². The zero-order chi connectivity index (χ0) is 33.6. The third kappa shape index (κ3) is 6.55. The number of nitrogens with one attached hydrogen (secondary N) is 1. The van der Waals surface area contributed by atoms with Crippen LogP contribution in [0.25, 0.3) is 22.6 Å². The minimum Gasteiger partial charge on any atom is -0.486 e. The van der Waals surface area contributed by atoms with E-state index in [-0.39, 0.29) is 53.0 Å². The normalized spacial score (nSPS) is 17.2. The number of amides is 1. The lowest BCUT2D eigenvalue weighted by molar-refractivity contribution is -0.144. The number of nitrogens with zero attached hydrogens (tertiary/aromatic N) is 7. The van der Waals surface area contributed by atoms with Gasteiger partial charge in [0.2, 0.25) is 11.7 Å². The van der Waals surface area contributed by atoms with Gasteiger partial charge in [-0.2, -0.15) is 18.3 Å². The Balaban J connectivity index is 1.07. The molecule has 2 aliphatic rings. The minimum atomic E-state index is -4.68. The zero-order valence-corrected chi connectivity index (χ0v) is 25.7. The number of pyridine rings is 1. The highest BCUT2D eigenvalue weighted by Crippen LogP contribution is 2.30. The Morgan fingerprint density at radius 1 is 1.06 bits per heavy atom. The van der Waals surface area contributed by atoms with Crippen LogP contribution in [0.3, 0.4) is 0 Å². The van der Waals surface area contributed by atoms with Crippen LogP contribution in [0, 0.1) is 11.6 Å². The number of alkyl halides is 3. The van der Waals surface area contributed by atoms with Gasteiger partial charge >= 0.3 is 6.18 Å². The lowest BCUT2D eigenvalue weighted by Crippen LogP contribution is -2.50. The molecule has 0 saturated carbocycles. The Labute approximate surface area is 274 Å². The summed E-state index contributed by atoms with van der Waals surface area (Å²) in [4.78, 5) is 29.4. The topological polar surface area (TPSA) is 114 Å². The van der Waals surface area contributed by atoms with E-state index in [2.05, 4.69) is 15.1 Å². The van der Waals surface area contributed by atoms with E-state index in [1.165, 1.54) is 47.5 Å². The quantitative estimate of drug-likeness (QED) is 0.205. The van der Waals surface area contributed by atoms with Gasteiger partial charge in [0.05, 0.1) is 43.0 Å². The van der Waals surface area contributed by atoms with Crippen molar-refractivity contribution in [2.24, 2.45) is 0 Å². The van der Waals surface area contributed by atoms with E-state index in [1.54, 1.807) is 0 Å². The maximum Gasteiger partial charge on any atom is 0.451 e. The summed E-state index contributed by atoms with van der Waals surface area (Å²) in [6, 6.07) is 9.71. The molecule has 48 heavy (non-hydrogen) atoms. The molecule has 2 saturated heterocycles. The molecule has 7 rings (SSSR count). The SMILES string of the molecule is O=C1CN(Cc2nc3cc(-c4n[nH]c(C(F)(F)F)n4)ncc3n2C[C@@H]2CCO2)CCN1c1ccc(F)c(OCc2ccc(Cl)cc2F)c1. The third-order valence-corrected chi connectivity index (χ3v) is 8.40. The molecule has 3 aromatic heterocycles. The number of halogens is 6. The van der Waals surface area contributed by atoms with E-state index >= 15 is 0 Å². The van der Waals surface area contributed by atoms with Crippen molar-refractivity contribution in [3.05, 3.63) is 82.5 Å². The first kappa shape index (κ1) is 31.9. The van der Waals surface area contributed by atoms with Crippen LogP contribution in [0.5, 0.6) is 5.75 Å². The van der Waals surface area contributed by atoms with Gasteiger partial charge < -0.3 is 18.9 Å². The van der Waals surface area contributed by atoms with Crippen LogP contribution in [0.1, 0.15) is 23.6 Å². The Morgan fingerprint density at radius 2 is 1.90 bits per heavy atom. The summed E-state index contributed by atoms with van der Waals surface area (Å²) in [6.45, 7) is 1.97. The molecule has 250 valence electrons. The van der Waals surface area contributed by atoms with Crippen LogP contribution in [-0.4, -0.2) is 72.9 Å². The molecule has 2 aromatic carbocycles. The summed E-state index contributed by atoms with van der Waals surface area (Å²) in [7, 11) is 0. The third-order valence-electron chi connectivity index (χ3n) is 8.17. The fourth-order valence-electron chi connectivity index (χ4n) is 5.55. The number of carbonyl (C=O) groups excluding carboxylic acids is 1.